The molecule has 88 valence electrons. The highest BCUT2D eigenvalue weighted by atomic mass is 35.5. The van der Waals surface area contributed by atoms with E-state index < -0.39 is 4.92 Å². The number of alkyl halides is 1. The molecule has 16 heavy (non-hydrogen) atoms. The van der Waals surface area contributed by atoms with Crippen LogP contribution in [0.1, 0.15) is 13.3 Å². The molecule has 0 amide bonds. The van der Waals surface area contributed by atoms with Crippen LogP contribution in [0.2, 0.25) is 5.02 Å². The van der Waals surface area contributed by atoms with Gasteiger partial charge in [0.2, 0.25) is 0 Å². The Kier molecular flexibility index (Phi) is 5.38. The Balaban J connectivity index is 2.97. The van der Waals surface area contributed by atoms with Crippen molar-refractivity contribution in [3.8, 4) is 0 Å². The lowest BCUT2D eigenvalue weighted by Gasteiger charge is -2.10. The number of hydrogen-bond donors (Lipinski definition) is 0. The number of rotatable bonds is 5. The summed E-state index contributed by atoms with van der Waals surface area (Å²) >= 11 is 13.0. The fourth-order valence-electron chi connectivity index (χ4n) is 1.17. The van der Waals surface area contributed by atoms with Crippen molar-refractivity contribution in [3.63, 3.8) is 0 Å². The minimum Gasteiger partial charge on any atom is -0.258 e. The van der Waals surface area contributed by atoms with E-state index >= 15 is 0 Å². The Labute approximate surface area is 108 Å². The van der Waals surface area contributed by atoms with Crippen LogP contribution in [0.5, 0.6) is 0 Å². The minimum absolute atomic E-state index is 0.0546. The maximum atomic E-state index is 10.8. The number of nitro benzene ring substituents is 1. The summed E-state index contributed by atoms with van der Waals surface area (Å²) in [7, 11) is 0. The lowest BCUT2D eigenvalue weighted by Crippen LogP contribution is -1.99. The first-order chi connectivity index (χ1) is 7.56. The van der Waals surface area contributed by atoms with Gasteiger partial charge in [0.25, 0.3) is 5.69 Å². The van der Waals surface area contributed by atoms with E-state index in [4.69, 9.17) is 23.2 Å². The van der Waals surface area contributed by atoms with Gasteiger partial charge in [0.1, 0.15) is 4.90 Å². The molecule has 6 heteroatoms. The molecule has 1 aromatic carbocycles. The van der Waals surface area contributed by atoms with Crippen LogP contribution in [0.3, 0.4) is 0 Å². The first-order valence-electron chi connectivity index (χ1n) is 4.71. The number of nitro groups is 1. The fourth-order valence-corrected chi connectivity index (χ4v) is 3.01. The Morgan fingerprint density at radius 1 is 1.56 bits per heavy atom. The number of halogens is 2. The monoisotopic (exact) mass is 279 g/mol. The number of benzene rings is 1. The summed E-state index contributed by atoms with van der Waals surface area (Å²) in [5, 5.41) is 11.4. The lowest BCUT2D eigenvalue weighted by molar-refractivity contribution is -0.387. The molecule has 0 aromatic heterocycles. The normalized spacial score (nSPS) is 12.4. The third-order valence-electron chi connectivity index (χ3n) is 1.98. The van der Waals surface area contributed by atoms with Crippen molar-refractivity contribution in [2.24, 2.45) is 0 Å². The van der Waals surface area contributed by atoms with Crippen LogP contribution < -0.4 is 0 Å². The standard InChI is InChI=1S/C10H11Cl2NO2S/c1-7(5-6-11)16-10-8(12)3-2-4-9(10)13(14)15/h2-4,7H,5-6H2,1H3. The summed E-state index contributed by atoms with van der Waals surface area (Å²) in [6.45, 7) is 1.97. The van der Waals surface area contributed by atoms with Crippen LogP contribution in [0, 0.1) is 10.1 Å². The molecule has 0 spiro atoms. The number of nitrogens with zero attached hydrogens (tertiary/aromatic N) is 1. The van der Waals surface area contributed by atoms with Gasteiger partial charge in [-0.3, -0.25) is 10.1 Å². The molecule has 0 heterocycles. The average Bonchev–Trinajstić information content (AvgIpc) is 2.21. The highest BCUT2D eigenvalue weighted by Gasteiger charge is 2.19. The zero-order chi connectivity index (χ0) is 12.1. The van der Waals surface area contributed by atoms with Gasteiger partial charge in [-0.05, 0) is 12.5 Å². The van der Waals surface area contributed by atoms with Crippen molar-refractivity contribution in [3.05, 3.63) is 33.3 Å². The SMILES string of the molecule is CC(CCCl)Sc1c(Cl)cccc1[N+](=O)[O-]. The molecule has 1 rings (SSSR count). The van der Waals surface area contributed by atoms with Gasteiger partial charge in [-0.25, -0.2) is 0 Å². The molecule has 1 aromatic rings. The van der Waals surface area contributed by atoms with Gasteiger partial charge in [-0.2, -0.15) is 0 Å². The third-order valence-corrected chi connectivity index (χ3v) is 3.93. The van der Waals surface area contributed by atoms with Crippen LogP contribution in [-0.4, -0.2) is 16.1 Å². The van der Waals surface area contributed by atoms with E-state index in [9.17, 15) is 10.1 Å². The van der Waals surface area contributed by atoms with Crippen LogP contribution in [-0.2, 0) is 0 Å². The number of hydrogen-bond acceptors (Lipinski definition) is 3. The number of thioether (sulfide) groups is 1. The van der Waals surface area contributed by atoms with Crippen molar-refractivity contribution in [2.45, 2.75) is 23.5 Å². The smallest absolute Gasteiger partial charge is 0.258 e. The second-order valence-corrected chi connectivity index (χ2v) is 5.49. The summed E-state index contributed by atoms with van der Waals surface area (Å²) in [6.07, 6.45) is 0.786. The van der Waals surface area contributed by atoms with E-state index in [0.29, 0.717) is 15.8 Å². The van der Waals surface area contributed by atoms with Crippen molar-refractivity contribution >= 4 is 40.7 Å². The van der Waals surface area contributed by atoms with Crippen molar-refractivity contribution in [2.75, 3.05) is 5.88 Å². The summed E-state index contributed by atoms with van der Waals surface area (Å²) in [6, 6.07) is 4.70. The molecule has 0 aliphatic heterocycles. The molecule has 0 N–H and O–H groups in total. The second kappa shape index (κ2) is 6.33. The molecule has 0 bridgehead atoms. The molecule has 1 unspecified atom stereocenters. The first-order valence-corrected chi connectivity index (χ1v) is 6.51. The molecule has 0 radical (unpaired) electrons. The van der Waals surface area contributed by atoms with Crippen LogP contribution in [0.4, 0.5) is 5.69 Å². The topological polar surface area (TPSA) is 43.1 Å². The summed E-state index contributed by atoms with van der Waals surface area (Å²) in [5.74, 6) is 0.534. The fraction of sp³-hybridized carbons (Fsp3) is 0.400. The van der Waals surface area contributed by atoms with Gasteiger partial charge in [0.05, 0.1) is 9.95 Å². The molecular weight excluding hydrogens is 269 g/mol. The van der Waals surface area contributed by atoms with Crippen molar-refractivity contribution in [1.82, 2.24) is 0 Å². The molecule has 0 aliphatic carbocycles. The molecule has 0 saturated carbocycles. The van der Waals surface area contributed by atoms with E-state index in [2.05, 4.69) is 0 Å². The first kappa shape index (κ1) is 13.6. The molecule has 0 saturated heterocycles. The van der Waals surface area contributed by atoms with Crippen LogP contribution >= 0.6 is 35.0 Å². The van der Waals surface area contributed by atoms with Gasteiger partial charge in [-0.1, -0.05) is 24.6 Å². The highest BCUT2D eigenvalue weighted by Crippen LogP contribution is 2.38. The predicted octanol–water partition coefficient (Wildman–Crippen LogP) is 4.36. The van der Waals surface area contributed by atoms with E-state index in [1.807, 2.05) is 6.92 Å². The molecule has 1 atom stereocenters. The van der Waals surface area contributed by atoms with Crippen LogP contribution in [0.25, 0.3) is 0 Å². The predicted molar refractivity (Wildman–Crippen MR) is 68.8 cm³/mol. The summed E-state index contributed by atoms with van der Waals surface area (Å²) in [5.41, 5.74) is 0.0546. The Morgan fingerprint density at radius 2 is 2.25 bits per heavy atom. The van der Waals surface area contributed by atoms with Gasteiger partial charge < -0.3 is 0 Å². The molecular formula is C10H11Cl2NO2S. The zero-order valence-corrected chi connectivity index (χ0v) is 11.0. The maximum absolute atomic E-state index is 10.8. The van der Waals surface area contributed by atoms with Crippen LogP contribution in [0.15, 0.2) is 23.1 Å². The molecule has 0 aliphatic rings. The van der Waals surface area contributed by atoms with E-state index in [1.165, 1.54) is 17.8 Å². The minimum atomic E-state index is -0.415. The quantitative estimate of drug-likeness (QED) is 0.348. The average molecular weight is 280 g/mol. The van der Waals surface area contributed by atoms with Crippen molar-refractivity contribution < 1.29 is 4.92 Å². The Hall–Kier alpha value is -0.450. The van der Waals surface area contributed by atoms with Crippen molar-refractivity contribution in [1.29, 1.82) is 0 Å². The van der Waals surface area contributed by atoms with Gasteiger partial charge in [0, 0.05) is 17.2 Å². The molecule has 0 fully saturated rings. The maximum Gasteiger partial charge on any atom is 0.284 e. The molecule has 3 nitrogen and oxygen atoms in total. The summed E-state index contributed by atoms with van der Waals surface area (Å²) < 4.78 is 0. The zero-order valence-electron chi connectivity index (χ0n) is 8.65. The Bertz CT molecular complexity index is 387. The largest absolute Gasteiger partial charge is 0.284 e. The summed E-state index contributed by atoms with van der Waals surface area (Å²) in [4.78, 5) is 10.9. The van der Waals surface area contributed by atoms with Gasteiger partial charge in [-0.15, -0.1) is 23.4 Å². The van der Waals surface area contributed by atoms with E-state index in [0.717, 1.165) is 6.42 Å². The van der Waals surface area contributed by atoms with E-state index in [1.54, 1.807) is 12.1 Å². The highest BCUT2D eigenvalue weighted by molar-refractivity contribution is 8.00. The lowest BCUT2D eigenvalue weighted by atomic mass is 10.3. The van der Waals surface area contributed by atoms with Gasteiger partial charge in [0.15, 0.2) is 0 Å². The Morgan fingerprint density at radius 3 is 2.81 bits per heavy atom. The second-order valence-electron chi connectivity index (χ2n) is 3.25. The third kappa shape index (κ3) is 3.54. The van der Waals surface area contributed by atoms with E-state index in [-0.39, 0.29) is 10.9 Å². The van der Waals surface area contributed by atoms with Gasteiger partial charge >= 0.3 is 0 Å².